The van der Waals surface area contributed by atoms with Crippen LogP contribution in [0.5, 0.6) is 0 Å². The highest BCUT2D eigenvalue weighted by Crippen LogP contribution is 2.26. The Kier molecular flexibility index (Phi) is 4.34. The molecule has 0 radical (unpaired) electrons. The molecule has 0 bridgehead atoms. The van der Waals surface area contributed by atoms with Crippen molar-refractivity contribution in [1.82, 2.24) is 4.90 Å². The summed E-state index contributed by atoms with van der Waals surface area (Å²) >= 11 is 13.3. The Hall–Kier alpha value is -1.23. The van der Waals surface area contributed by atoms with E-state index in [0.29, 0.717) is 27.2 Å². The fourth-order valence-corrected chi connectivity index (χ4v) is 3.10. The molecule has 2 aromatic rings. The van der Waals surface area contributed by atoms with Crippen molar-refractivity contribution in [2.45, 2.75) is 6.54 Å². The number of nitrogen functional groups attached to an aromatic ring is 1. The monoisotopic (exact) mass is 314 g/mol. The first-order chi connectivity index (χ1) is 8.99. The summed E-state index contributed by atoms with van der Waals surface area (Å²) in [7, 11) is 1.71. The minimum absolute atomic E-state index is 0.201. The standard InChI is InChI=1S/C13H12Cl2N2OS/c1-17(7-8-5-6-11(15)19-8)13(18)12-9(14)3-2-4-10(12)16/h2-6H,7,16H2,1H3. The third kappa shape index (κ3) is 3.21. The van der Waals surface area contributed by atoms with Crippen LogP contribution >= 0.6 is 34.5 Å². The summed E-state index contributed by atoms with van der Waals surface area (Å²) in [4.78, 5) is 14.9. The first-order valence-corrected chi connectivity index (χ1v) is 7.10. The van der Waals surface area contributed by atoms with Gasteiger partial charge in [-0.25, -0.2) is 0 Å². The lowest BCUT2D eigenvalue weighted by molar-refractivity contribution is 0.0787. The van der Waals surface area contributed by atoms with E-state index < -0.39 is 0 Å². The van der Waals surface area contributed by atoms with Crippen LogP contribution in [0.15, 0.2) is 30.3 Å². The summed E-state index contributed by atoms with van der Waals surface area (Å²) in [6.07, 6.45) is 0. The number of anilines is 1. The van der Waals surface area contributed by atoms with E-state index in [1.54, 1.807) is 30.1 Å². The molecule has 0 aliphatic rings. The fourth-order valence-electron chi connectivity index (χ4n) is 1.70. The second-order valence-electron chi connectivity index (χ2n) is 4.07. The largest absolute Gasteiger partial charge is 0.398 e. The Morgan fingerprint density at radius 2 is 2.05 bits per heavy atom. The minimum atomic E-state index is -0.201. The Bertz CT molecular complexity index is 592. The van der Waals surface area contributed by atoms with Crippen molar-refractivity contribution in [3.63, 3.8) is 0 Å². The number of nitrogens with zero attached hydrogens (tertiary/aromatic N) is 1. The predicted octanol–water partition coefficient (Wildman–Crippen LogP) is 3.91. The zero-order chi connectivity index (χ0) is 14.0. The van der Waals surface area contributed by atoms with Gasteiger partial charge in [-0.2, -0.15) is 0 Å². The molecule has 1 heterocycles. The third-order valence-electron chi connectivity index (χ3n) is 2.63. The maximum absolute atomic E-state index is 12.3. The zero-order valence-corrected chi connectivity index (χ0v) is 12.5. The number of benzene rings is 1. The van der Waals surface area contributed by atoms with Crippen molar-refractivity contribution in [2.24, 2.45) is 0 Å². The van der Waals surface area contributed by atoms with Gasteiger partial charge in [0.2, 0.25) is 0 Å². The van der Waals surface area contributed by atoms with Gasteiger partial charge in [-0.3, -0.25) is 4.79 Å². The van der Waals surface area contributed by atoms with Crippen molar-refractivity contribution in [3.05, 3.63) is 50.1 Å². The van der Waals surface area contributed by atoms with Crippen LogP contribution in [-0.2, 0) is 6.54 Å². The van der Waals surface area contributed by atoms with Gasteiger partial charge >= 0.3 is 0 Å². The molecule has 0 saturated carbocycles. The van der Waals surface area contributed by atoms with Crippen molar-refractivity contribution >= 4 is 46.1 Å². The number of halogens is 2. The molecule has 1 amide bonds. The topological polar surface area (TPSA) is 46.3 Å². The van der Waals surface area contributed by atoms with Crippen molar-refractivity contribution in [3.8, 4) is 0 Å². The average Bonchev–Trinajstić information content (AvgIpc) is 2.74. The van der Waals surface area contributed by atoms with Gasteiger partial charge in [0.05, 0.1) is 21.5 Å². The maximum Gasteiger partial charge on any atom is 0.257 e. The third-order valence-corrected chi connectivity index (χ3v) is 4.16. The van der Waals surface area contributed by atoms with Crippen molar-refractivity contribution in [1.29, 1.82) is 0 Å². The van der Waals surface area contributed by atoms with Crippen LogP contribution in [0.25, 0.3) is 0 Å². The molecule has 0 aliphatic carbocycles. The first kappa shape index (κ1) is 14.2. The van der Waals surface area contributed by atoms with Gasteiger partial charge in [0, 0.05) is 17.6 Å². The van der Waals surface area contributed by atoms with E-state index >= 15 is 0 Å². The Morgan fingerprint density at radius 1 is 1.32 bits per heavy atom. The number of hydrogen-bond donors (Lipinski definition) is 1. The Balaban J connectivity index is 2.19. The van der Waals surface area contributed by atoms with E-state index in [1.165, 1.54) is 11.3 Å². The van der Waals surface area contributed by atoms with Gasteiger partial charge in [0.25, 0.3) is 5.91 Å². The molecule has 6 heteroatoms. The van der Waals surface area contributed by atoms with E-state index in [1.807, 2.05) is 12.1 Å². The van der Waals surface area contributed by atoms with Crippen LogP contribution in [0.1, 0.15) is 15.2 Å². The van der Waals surface area contributed by atoms with E-state index in [2.05, 4.69) is 0 Å². The molecule has 19 heavy (non-hydrogen) atoms. The highest BCUT2D eigenvalue weighted by molar-refractivity contribution is 7.16. The molecule has 0 unspecified atom stereocenters. The normalized spacial score (nSPS) is 10.5. The zero-order valence-electron chi connectivity index (χ0n) is 10.2. The predicted molar refractivity (Wildman–Crippen MR) is 81.0 cm³/mol. The summed E-state index contributed by atoms with van der Waals surface area (Å²) in [5.74, 6) is -0.201. The Labute approximate surface area is 125 Å². The van der Waals surface area contributed by atoms with Crippen molar-refractivity contribution in [2.75, 3.05) is 12.8 Å². The molecule has 0 atom stereocenters. The number of hydrogen-bond acceptors (Lipinski definition) is 3. The molecule has 100 valence electrons. The van der Waals surface area contributed by atoms with Crippen LogP contribution in [0.4, 0.5) is 5.69 Å². The van der Waals surface area contributed by atoms with Gasteiger partial charge in [-0.1, -0.05) is 29.3 Å². The lowest BCUT2D eigenvalue weighted by Crippen LogP contribution is -2.26. The van der Waals surface area contributed by atoms with Crippen LogP contribution in [0.2, 0.25) is 9.36 Å². The average molecular weight is 315 g/mol. The number of carbonyl (C=O) groups excluding carboxylic acids is 1. The lowest BCUT2D eigenvalue weighted by Gasteiger charge is -2.18. The summed E-state index contributed by atoms with van der Waals surface area (Å²) in [5.41, 5.74) is 6.53. The van der Waals surface area contributed by atoms with Crippen molar-refractivity contribution < 1.29 is 4.79 Å². The van der Waals surface area contributed by atoms with Crippen LogP contribution in [-0.4, -0.2) is 17.9 Å². The quantitative estimate of drug-likeness (QED) is 0.873. The molecular weight excluding hydrogens is 303 g/mol. The molecular formula is C13H12Cl2N2OS. The van der Waals surface area contributed by atoms with E-state index in [9.17, 15) is 4.79 Å². The van der Waals surface area contributed by atoms with Gasteiger partial charge in [0.15, 0.2) is 0 Å². The van der Waals surface area contributed by atoms with Gasteiger partial charge in [-0.05, 0) is 24.3 Å². The molecule has 0 saturated heterocycles. The molecule has 2 N–H and O–H groups in total. The fraction of sp³-hybridized carbons (Fsp3) is 0.154. The van der Waals surface area contributed by atoms with E-state index in [-0.39, 0.29) is 5.91 Å². The molecule has 0 spiro atoms. The molecule has 2 rings (SSSR count). The number of nitrogens with two attached hydrogens (primary N) is 1. The van der Waals surface area contributed by atoms with E-state index in [0.717, 1.165) is 4.88 Å². The summed E-state index contributed by atoms with van der Waals surface area (Å²) < 4.78 is 0.702. The van der Waals surface area contributed by atoms with E-state index in [4.69, 9.17) is 28.9 Å². The van der Waals surface area contributed by atoms with Crippen LogP contribution < -0.4 is 5.73 Å². The molecule has 1 aromatic heterocycles. The number of thiophene rings is 1. The van der Waals surface area contributed by atoms with Crippen LogP contribution in [0, 0.1) is 0 Å². The highest BCUT2D eigenvalue weighted by Gasteiger charge is 2.18. The second-order valence-corrected chi connectivity index (χ2v) is 6.28. The number of amides is 1. The lowest BCUT2D eigenvalue weighted by atomic mass is 10.1. The Morgan fingerprint density at radius 3 is 2.63 bits per heavy atom. The van der Waals surface area contributed by atoms with Gasteiger partial charge in [-0.15, -0.1) is 11.3 Å². The first-order valence-electron chi connectivity index (χ1n) is 5.52. The molecule has 1 aromatic carbocycles. The molecule has 0 aliphatic heterocycles. The second kappa shape index (κ2) is 5.82. The smallest absolute Gasteiger partial charge is 0.257 e. The SMILES string of the molecule is CN(Cc1ccc(Cl)s1)C(=O)c1c(N)cccc1Cl. The van der Waals surface area contributed by atoms with Gasteiger partial charge < -0.3 is 10.6 Å². The summed E-state index contributed by atoms with van der Waals surface area (Å²) in [6, 6.07) is 8.74. The summed E-state index contributed by atoms with van der Waals surface area (Å²) in [5, 5.41) is 0.362. The van der Waals surface area contributed by atoms with Gasteiger partial charge in [0.1, 0.15) is 0 Å². The number of carbonyl (C=O) groups is 1. The highest BCUT2D eigenvalue weighted by atomic mass is 35.5. The molecule has 0 fully saturated rings. The van der Waals surface area contributed by atoms with Crippen LogP contribution in [0.3, 0.4) is 0 Å². The minimum Gasteiger partial charge on any atom is -0.398 e. The maximum atomic E-state index is 12.3. The molecule has 3 nitrogen and oxygen atoms in total. The number of rotatable bonds is 3. The summed E-state index contributed by atoms with van der Waals surface area (Å²) in [6.45, 7) is 0.473.